The van der Waals surface area contributed by atoms with Gasteiger partial charge in [0.2, 0.25) is 0 Å². The van der Waals surface area contributed by atoms with Gasteiger partial charge in [-0.1, -0.05) is 51.1 Å². The molecule has 134 valence electrons. The summed E-state index contributed by atoms with van der Waals surface area (Å²) in [5, 5.41) is 0. The molecule has 3 nitrogen and oxygen atoms in total. The Morgan fingerprint density at radius 1 is 1.04 bits per heavy atom. The molecule has 0 spiro atoms. The van der Waals surface area contributed by atoms with Crippen molar-refractivity contribution in [2.45, 2.75) is 52.4 Å². The molecule has 0 saturated carbocycles. The van der Waals surface area contributed by atoms with Gasteiger partial charge in [-0.05, 0) is 54.5 Å². The molecule has 2 rings (SSSR count). The van der Waals surface area contributed by atoms with Gasteiger partial charge < -0.3 is 9.47 Å². The van der Waals surface area contributed by atoms with E-state index in [1.807, 2.05) is 43.3 Å². The summed E-state index contributed by atoms with van der Waals surface area (Å²) < 4.78 is 11.1. The topological polar surface area (TPSA) is 35.5 Å². The van der Waals surface area contributed by atoms with Gasteiger partial charge in [0.1, 0.15) is 11.5 Å². The fourth-order valence-corrected chi connectivity index (χ4v) is 2.46. The lowest BCUT2D eigenvalue weighted by molar-refractivity contribution is -0.134. The fraction of sp³-hybridized carbons (Fsp3) is 0.409. The molecule has 3 heteroatoms. The maximum atomic E-state index is 11.9. The minimum Gasteiger partial charge on any atom is -0.494 e. The quantitative estimate of drug-likeness (QED) is 0.364. The second kappa shape index (κ2) is 8.70. The Morgan fingerprint density at radius 2 is 1.72 bits per heavy atom. The molecule has 0 heterocycles. The minimum atomic E-state index is -0.224. The van der Waals surface area contributed by atoms with E-state index in [4.69, 9.17) is 9.47 Å². The summed E-state index contributed by atoms with van der Waals surface area (Å²) in [6, 6.07) is 15.8. The lowest BCUT2D eigenvalue weighted by Gasteiger charge is -2.23. The van der Waals surface area contributed by atoms with Crippen molar-refractivity contribution < 1.29 is 14.3 Å². The highest BCUT2D eigenvalue weighted by atomic mass is 16.5. The van der Waals surface area contributed by atoms with Crippen LogP contribution in [0.25, 0.3) is 0 Å². The van der Waals surface area contributed by atoms with Crippen molar-refractivity contribution in [3.05, 3.63) is 59.7 Å². The normalized spacial score (nSPS) is 11.2. The third-order valence-electron chi connectivity index (χ3n) is 4.63. The standard InChI is InChI=1S/C22H28O3/c1-5-22(3,4)18-12-14-19(15-13-18)24-16-8-11-21(23)25-20-10-7-6-9-17(20)2/h6-7,9-10,12-15H,5,8,11,16H2,1-4H3. The number of hydrogen-bond donors (Lipinski definition) is 0. The third-order valence-corrected chi connectivity index (χ3v) is 4.63. The Kier molecular flexibility index (Phi) is 6.63. The van der Waals surface area contributed by atoms with Gasteiger partial charge in [-0.25, -0.2) is 0 Å². The van der Waals surface area contributed by atoms with Gasteiger partial charge in [0, 0.05) is 6.42 Å². The van der Waals surface area contributed by atoms with Crippen molar-refractivity contribution in [1.29, 1.82) is 0 Å². The number of carbonyl (C=O) groups is 1. The number of aryl methyl sites for hydroxylation is 1. The maximum absolute atomic E-state index is 11.9. The van der Waals surface area contributed by atoms with E-state index in [-0.39, 0.29) is 11.4 Å². The van der Waals surface area contributed by atoms with Crippen molar-refractivity contribution >= 4 is 5.97 Å². The van der Waals surface area contributed by atoms with Gasteiger partial charge in [-0.3, -0.25) is 4.79 Å². The molecule has 0 amide bonds. The summed E-state index contributed by atoms with van der Waals surface area (Å²) in [5.74, 6) is 1.24. The number of rotatable bonds is 8. The molecular weight excluding hydrogens is 312 g/mol. The lowest BCUT2D eigenvalue weighted by Crippen LogP contribution is -2.15. The number of hydrogen-bond acceptors (Lipinski definition) is 3. The molecule has 0 saturated heterocycles. The Labute approximate surface area is 151 Å². The predicted octanol–water partition coefficient (Wildman–Crippen LogP) is 5.45. The second-order valence-corrected chi connectivity index (χ2v) is 6.95. The molecule has 0 fully saturated rings. The largest absolute Gasteiger partial charge is 0.494 e. The zero-order valence-electron chi connectivity index (χ0n) is 15.7. The van der Waals surface area contributed by atoms with Crippen LogP contribution in [0.4, 0.5) is 0 Å². The molecule has 2 aromatic rings. The molecule has 2 aromatic carbocycles. The number of benzene rings is 2. The maximum Gasteiger partial charge on any atom is 0.311 e. The molecule has 0 unspecified atom stereocenters. The Balaban J connectivity index is 1.74. The number of para-hydroxylation sites is 1. The van der Waals surface area contributed by atoms with Gasteiger partial charge >= 0.3 is 5.97 Å². The summed E-state index contributed by atoms with van der Waals surface area (Å²) >= 11 is 0. The SMILES string of the molecule is CCC(C)(C)c1ccc(OCCCC(=O)Oc2ccccc2C)cc1. The fourth-order valence-electron chi connectivity index (χ4n) is 2.46. The van der Waals surface area contributed by atoms with Gasteiger partial charge in [-0.2, -0.15) is 0 Å². The molecule has 0 atom stereocenters. The van der Waals surface area contributed by atoms with Crippen LogP contribution in [0.3, 0.4) is 0 Å². The summed E-state index contributed by atoms with van der Waals surface area (Å²) in [5.41, 5.74) is 2.45. The summed E-state index contributed by atoms with van der Waals surface area (Å²) in [6.45, 7) is 9.10. The predicted molar refractivity (Wildman–Crippen MR) is 101 cm³/mol. The van der Waals surface area contributed by atoms with Crippen LogP contribution in [0.2, 0.25) is 0 Å². The van der Waals surface area contributed by atoms with Crippen molar-refractivity contribution in [1.82, 2.24) is 0 Å². The zero-order chi connectivity index (χ0) is 18.3. The van der Waals surface area contributed by atoms with Crippen LogP contribution in [0.5, 0.6) is 11.5 Å². The molecule has 0 bridgehead atoms. The first-order chi connectivity index (χ1) is 11.9. The molecule has 0 aliphatic rings. The summed E-state index contributed by atoms with van der Waals surface area (Å²) in [7, 11) is 0. The molecule has 0 N–H and O–H groups in total. The van der Waals surface area contributed by atoms with E-state index < -0.39 is 0 Å². The van der Waals surface area contributed by atoms with Gasteiger partial charge in [-0.15, -0.1) is 0 Å². The second-order valence-electron chi connectivity index (χ2n) is 6.95. The van der Waals surface area contributed by atoms with Crippen LogP contribution in [0.1, 0.15) is 51.2 Å². The molecule has 0 aromatic heterocycles. The van der Waals surface area contributed by atoms with E-state index in [2.05, 4.69) is 32.9 Å². The van der Waals surface area contributed by atoms with Crippen LogP contribution in [-0.4, -0.2) is 12.6 Å². The first-order valence-corrected chi connectivity index (χ1v) is 8.92. The van der Waals surface area contributed by atoms with E-state index >= 15 is 0 Å². The Hall–Kier alpha value is -2.29. The van der Waals surface area contributed by atoms with Crippen molar-refractivity contribution in [3.8, 4) is 11.5 Å². The zero-order valence-corrected chi connectivity index (χ0v) is 15.7. The summed E-state index contributed by atoms with van der Waals surface area (Å²) in [4.78, 5) is 11.9. The van der Waals surface area contributed by atoms with Gasteiger partial charge in [0.05, 0.1) is 6.61 Å². The van der Waals surface area contributed by atoms with Crippen LogP contribution < -0.4 is 9.47 Å². The number of esters is 1. The van der Waals surface area contributed by atoms with E-state index in [9.17, 15) is 4.79 Å². The Bertz CT molecular complexity index is 687. The van der Waals surface area contributed by atoms with E-state index in [0.29, 0.717) is 25.2 Å². The van der Waals surface area contributed by atoms with Crippen molar-refractivity contribution in [2.75, 3.05) is 6.61 Å². The average Bonchev–Trinajstić information content (AvgIpc) is 2.61. The highest BCUT2D eigenvalue weighted by Crippen LogP contribution is 2.28. The molecule has 25 heavy (non-hydrogen) atoms. The molecule has 0 radical (unpaired) electrons. The summed E-state index contributed by atoms with van der Waals surface area (Å²) in [6.07, 6.45) is 2.07. The minimum absolute atomic E-state index is 0.178. The molecule has 0 aliphatic carbocycles. The Morgan fingerprint density at radius 3 is 2.36 bits per heavy atom. The van der Waals surface area contributed by atoms with Crippen LogP contribution >= 0.6 is 0 Å². The molecular formula is C22H28O3. The molecule has 0 aliphatic heterocycles. The number of carbonyl (C=O) groups excluding carboxylic acids is 1. The van der Waals surface area contributed by atoms with Gasteiger partial charge in [0.15, 0.2) is 0 Å². The number of ether oxygens (including phenoxy) is 2. The van der Waals surface area contributed by atoms with E-state index in [1.165, 1.54) is 5.56 Å². The smallest absolute Gasteiger partial charge is 0.311 e. The van der Waals surface area contributed by atoms with E-state index in [0.717, 1.165) is 17.7 Å². The highest BCUT2D eigenvalue weighted by molar-refractivity contribution is 5.72. The van der Waals surface area contributed by atoms with Crippen molar-refractivity contribution in [3.63, 3.8) is 0 Å². The van der Waals surface area contributed by atoms with Crippen molar-refractivity contribution in [2.24, 2.45) is 0 Å². The van der Waals surface area contributed by atoms with Crippen LogP contribution in [-0.2, 0) is 10.2 Å². The van der Waals surface area contributed by atoms with Crippen LogP contribution in [0, 0.1) is 6.92 Å². The van der Waals surface area contributed by atoms with E-state index in [1.54, 1.807) is 0 Å². The first kappa shape index (κ1) is 19.0. The van der Waals surface area contributed by atoms with Crippen LogP contribution in [0.15, 0.2) is 48.5 Å². The third kappa shape index (κ3) is 5.63. The monoisotopic (exact) mass is 340 g/mol. The van der Waals surface area contributed by atoms with Gasteiger partial charge in [0.25, 0.3) is 0 Å². The highest BCUT2D eigenvalue weighted by Gasteiger charge is 2.17. The average molecular weight is 340 g/mol. The lowest BCUT2D eigenvalue weighted by atomic mass is 9.82. The first-order valence-electron chi connectivity index (χ1n) is 8.92.